The third-order valence-corrected chi connectivity index (χ3v) is 6.02. The van der Waals surface area contributed by atoms with Gasteiger partial charge in [-0.25, -0.2) is 13.2 Å². The molecule has 1 aliphatic heterocycles. The number of nitrogens with zero attached hydrogens (tertiary/aromatic N) is 1. The standard InChI is InChI=1S/C24H17Cl2F3N2O3/c25-14-3-8-20-18(11-14)21(32)24(28,29)9-10-31(20)23(34)13-1-5-16(6-2-13)30-22(33)17-12-15(27)4-7-19(17)26/h1-8,11-12,21,32H,9-10H2,(H,30,33)/t21-/m1/s1. The van der Waals surface area contributed by atoms with Crippen LogP contribution in [0.4, 0.5) is 24.5 Å². The van der Waals surface area contributed by atoms with Gasteiger partial charge < -0.3 is 15.3 Å². The smallest absolute Gasteiger partial charge is 0.279 e. The third-order valence-electron chi connectivity index (χ3n) is 5.45. The second kappa shape index (κ2) is 9.29. The van der Waals surface area contributed by atoms with Crippen molar-refractivity contribution < 1.29 is 27.9 Å². The first-order chi connectivity index (χ1) is 16.1. The molecule has 1 heterocycles. The number of nitrogens with one attached hydrogen (secondary N) is 1. The Morgan fingerprint density at radius 3 is 2.44 bits per heavy atom. The van der Waals surface area contributed by atoms with Crippen LogP contribution in [0.2, 0.25) is 10.0 Å². The summed E-state index contributed by atoms with van der Waals surface area (Å²) < 4.78 is 42.2. The predicted molar refractivity (Wildman–Crippen MR) is 123 cm³/mol. The molecular formula is C24H17Cl2F3N2O3. The monoisotopic (exact) mass is 508 g/mol. The number of rotatable bonds is 3. The fourth-order valence-corrected chi connectivity index (χ4v) is 4.05. The zero-order valence-electron chi connectivity index (χ0n) is 17.4. The number of carbonyl (C=O) groups excluding carboxylic acids is 2. The first-order valence-corrected chi connectivity index (χ1v) is 10.9. The summed E-state index contributed by atoms with van der Waals surface area (Å²) in [6, 6.07) is 13.2. The molecule has 0 bridgehead atoms. The molecule has 3 aromatic rings. The molecule has 1 aliphatic rings. The van der Waals surface area contributed by atoms with E-state index in [1.807, 2.05) is 0 Å². The van der Waals surface area contributed by atoms with Gasteiger partial charge in [0.25, 0.3) is 17.7 Å². The van der Waals surface area contributed by atoms with E-state index in [9.17, 15) is 27.9 Å². The molecule has 1 atom stereocenters. The maximum Gasteiger partial charge on any atom is 0.279 e. The van der Waals surface area contributed by atoms with Crippen molar-refractivity contribution in [2.45, 2.75) is 18.4 Å². The van der Waals surface area contributed by atoms with Crippen molar-refractivity contribution in [2.75, 3.05) is 16.8 Å². The molecule has 0 unspecified atom stereocenters. The third kappa shape index (κ3) is 4.75. The van der Waals surface area contributed by atoms with Crippen molar-refractivity contribution >= 4 is 46.4 Å². The number of hydrogen-bond acceptors (Lipinski definition) is 3. The van der Waals surface area contributed by atoms with Gasteiger partial charge in [0.05, 0.1) is 16.3 Å². The Kier molecular flexibility index (Phi) is 6.58. The maximum atomic E-state index is 14.4. The van der Waals surface area contributed by atoms with Crippen molar-refractivity contribution in [1.82, 2.24) is 0 Å². The van der Waals surface area contributed by atoms with Crippen LogP contribution >= 0.6 is 23.2 Å². The second-order valence-corrected chi connectivity index (χ2v) is 8.57. The van der Waals surface area contributed by atoms with Crippen molar-refractivity contribution in [3.8, 4) is 0 Å². The Bertz CT molecular complexity index is 1270. The highest BCUT2D eigenvalue weighted by Crippen LogP contribution is 2.43. The number of anilines is 2. The quantitative estimate of drug-likeness (QED) is 0.448. The van der Waals surface area contributed by atoms with E-state index in [1.54, 1.807) is 0 Å². The van der Waals surface area contributed by atoms with E-state index in [2.05, 4.69) is 5.32 Å². The summed E-state index contributed by atoms with van der Waals surface area (Å²) in [6.45, 7) is -0.325. The van der Waals surface area contributed by atoms with E-state index in [-0.39, 0.29) is 39.0 Å². The highest BCUT2D eigenvalue weighted by Gasteiger charge is 2.44. The molecule has 10 heteroatoms. The van der Waals surface area contributed by atoms with E-state index in [4.69, 9.17) is 23.2 Å². The molecule has 0 radical (unpaired) electrons. The molecule has 0 aromatic heterocycles. The van der Waals surface area contributed by atoms with Gasteiger partial charge in [-0.15, -0.1) is 0 Å². The lowest BCUT2D eigenvalue weighted by atomic mass is 10.0. The van der Waals surface area contributed by atoms with Crippen LogP contribution < -0.4 is 10.2 Å². The fraction of sp³-hybridized carbons (Fsp3) is 0.167. The molecule has 34 heavy (non-hydrogen) atoms. The summed E-state index contributed by atoms with van der Waals surface area (Å²) in [4.78, 5) is 26.7. The lowest BCUT2D eigenvalue weighted by Crippen LogP contribution is -2.33. The van der Waals surface area contributed by atoms with Gasteiger partial charge in [0.15, 0.2) is 0 Å². The van der Waals surface area contributed by atoms with Crippen molar-refractivity contribution in [3.05, 3.63) is 93.2 Å². The molecule has 0 fully saturated rings. The number of fused-ring (bicyclic) bond motifs is 1. The van der Waals surface area contributed by atoms with Crippen LogP contribution in [-0.4, -0.2) is 29.4 Å². The first-order valence-electron chi connectivity index (χ1n) is 10.1. The first kappa shape index (κ1) is 24.1. The van der Waals surface area contributed by atoms with Crippen LogP contribution in [-0.2, 0) is 0 Å². The topological polar surface area (TPSA) is 69.6 Å². The number of aliphatic hydroxyl groups is 1. The number of benzene rings is 3. The van der Waals surface area contributed by atoms with E-state index >= 15 is 0 Å². The Hall–Kier alpha value is -3.07. The Morgan fingerprint density at radius 2 is 1.74 bits per heavy atom. The lowest BCUT2D eigenvalue weighted by Gasteiger charge is -2.23. The molecule has 2 N–H and O–H groups in total. The number of hydrogen-bond donors (Lipinski definition) is 2. The van der Waals surface area contributed by atoms with E-state index in [1.165, 1.54) is 48.5 Å². The normalized spacial score (nSPS) is 17.0. The Balaban J connectivity index is 1.57. The highest BCUT2D eigenvalue weighted by molar-refractivity contribution is 6.34. The molecule has 0 spiro atoms. The van der Waals surface area contributed by atoms with Gasteiger partial charge in [-0.3, -0.25) is 9.59 Å². The largest absolute Gasteiger partial charge is 0.382 e. The van der Waals surface area contributed by atoms with Crippen molar-refractivity contribution in [2.24, 2.45) is 0 Å². The maximum absolute atomic E-state index is 14.4. The summed E-state index contributed by atoms with van der Waals surface area (Å²) >= 11 is 11.9. The number of carbonyl (C=O) groups is 2. The zero-order valence-corrected chi connectivity index (χ0v) is 18.9. The van der Waals surface area contributed by atoms with Crippen LogP contribution in [0, 0.1) is 5.82 Å². The van der Waals surface area contributed by atoms with E-state index in [0.717, 1.165) is 17.0 Å². The molecule has 5 nitrogen and oxygen atoms in total. The average molecular weight is 509 g/mol. The van der Waals surface area contributed by atoms with Crippen molar-refractivity contribution in [1.29, 1.82) is 0 Å². The van der Waals surface area contributed by atoms with Crippen LogP contribution in [0.25, 0.3) is 0 Å². The molecule has 4 rings (SSSR count). The van der Waals surface area contributed by atoms with Gasteiger partial charge in [0.1, 0.15) is 11.9 Å². The highest BCUT2D eigenvalue weighted by atomic mass is 35.5. The van der Waals surface area contributed by atoms with Gasteiger partial charge >= 0.3 is 0 Å². The minimum atomic E-state index is -3.44. The lowest BCUT2D eigenvalue weighted by molar-refractivity contribution is -0.112. The van der Waals surface area contributed by atoms with E-state index in [0.29, 0.717) is 5.69 Å². The summed E-state index contributed by atoms with van der Waals surface area (Å²) in [6.07, 6.45) is -2.85. The number of halogens is 5. The molecule has 2 amide bonds. The Morgan fingerprint density at radius 1 is 1.03 bits per heavy atom. The summed E-state index contributed by atoms with van der Waals surface area (Å²) in [7, 11) is 0. The van der Waals surface area contributed by atoms with Crippen LogP contribution in [0.15, 0.2) is 60.7 Å². The predicted octanol–water partition coefficient (Wildman–Crippen LogP) is 6.10. The number of amides is 2. The van der Waals surface area contributed by atoms with Crippen LogP contribution in [0.3, 0.4) is 0 Å². The number of aliphatic hydroxyl groups excluding tert-OH is 1. The SMILES string of the molecule is O=C(Nc1ccc(C(=O)N2CCC(F)(F)[C@H](O)c3cc(Cl)ccc32)cc1)c1cc(F)ccc1Cl. The Labute approximate surface area is 202 Å². The van der Waals surface area contributed by atoms with Gasteiger partial charge in [-0.2, -0.15) is 0 Å². The van der Waals surface area contributed by atoms with E-state index < -0.39 is 36.1 Å². The van der Waals surface area contributed by atoms with Gasteiger partial charge in [-0.1, -0.05) is 23.2 Å². The molecule has 0 saturated carbocycles. The molecule has 3 aromatic carbocycles. The fourth-order valence-electron chi connectivity index (χ4n) is 3.67. The van der Waals surface area contributed by atoms with Crippen molar-refractivity contribution in [3.63, 3.8) is 0 Å². The van der Waals surface area contributed by atoms with Crippen LogP contribution in [0.5, 0.6) is 0 Å². The molecule has 0 aliphatic carbocycles. The second-order valence-electron chi connectivity index (χ2n) is 7.73. The average Bonchev–Trinajstić information content (AvgIpc) is 2.90. The summed E-state index contributed by atoms with van der Waals surface area (Å²) in [5, 5.41) is 13.0. The van der Waals surface area contributed by atoms with Gasteiger partial charge in [0.2, 0.25) is 0 Å². The van der Waals surface area contributed by atoms with Gasteiger partial charge in [-0.05, 0) is 60.7 Å². The summed E-state index contributed by atoms with van der Waals surface area (Å²) in [5.41, 5.74) is 0.423. The molecule has 0 saturated heterocycles. The minimum absolute atomic E-state index is 0.0545. The minimum Gasteiger partial charge on any atom is -0.382 e. The number of alkyl halides is 2. The molecular weight excluding hydrogens is 492 g/mol. The van der Waals surface area contributed by atoms with Gasteiger partial charge in [0, 0.05) is 34.8 Å². The summed E-state index contributed by atoms with van der Waals surface area (Å²) in [5.74, 6) is -5.27. The zero-order chi connectivity index (χ0) is 24.6. The van der Waals surface area contributed by atoms with Crippen LogP contribution in [0.1, 0.15) is 38.8 Å². The molecule has 176 valence electrons.